The van der Waals surface area contributed by atoms with Crippen LogP contribution < -0.4 is 11.1 Å². The molecule has 0 saturated carbocycles. The number of carbonyl (C=O) groups excluding carboxylic acids is 1. The van der Waals surface area contributed by atoms with E-state index in [0.717, 1.165) is 0 Å². The molecular weight excluding hydrogens is 266 g/mol. The van der Waals surface area contributed by atoms with Gasteiger partial charge in [-0.15, -0.1) is 0 Å². The van der Waals surface area contributed by atoms with Gasteiger partial charge in [0.25, 0.3) is 0 Å². The Kier molecular flexibility index (Phi) is 3.77. The van der Waals surface area contributed by atoms with E-state index in [4.69, 9.17) is 5.73 Å². The van der Waals surface area contributed by atoms with Gasteiger partial charge in [-0.25, -0.2) is 8.42 Å². The maximum absolute atomic E-state index is 12.6. The van der Waals surface area contributed by atoms with Crippen LogP contribution in [-0.2, 0) is 21.2 Å². The number of amides is 1. The number of benzene rings is 1. The maximum atomic E-state index is 12.6. The molecule has 6 nitrogen and oxygen atoms in total. The first-order chi connectivity index (χ1) is 8.95. The number of nitrogens with zero attached hydrogens (tertiary/aromatic N) is 1. The molecule has 7 heteroatoms. The third-order valence-corrected chi connectivity index (χ3v) is 5.02. The fourth-order valence-electron chi connectivity index (χ4n) is 2.06. The number of nitrogen functional groups attached to an aromatic ring is 1. The number of nitrogens with one attached hydrogen (secondary N) is 1. The number of carbonyl (C=O) groups is 1. The smallest absolute Gasteiger partial charge is 0.243 e. The summed E-state index contributed by atoms with van der Waals surface area (Å²) >= 11 is 0. The second kappa shape index (κ2) is 5.18. The lowest BCUT2D eigenvalue weighted by Crippen LogP contribution is -2.49. The van der Waals surface area contributed by atoms with E-state index >= 15 is 0 Å². The number of aryl methyl sites for hydroxylation is 1. The molecule has 1 aliphatic heterocycles. The van der Waals surface area contributed by atoms with Crippen molar-refractivity contribution in [3.8, 4) is 0 Å². The molecule has 19 heavy (non-hydrogen) atoms. The highest BCUT2D eigenvalue weighted by Gasteiger charge is 2.30. The van der Waals surface area contributed by atoms with Crippen LogP contribution in [0.5, 0.6) is 0 Å². The van der Waals surface area contributed by atoms with Gasteiger partial charge in [-0.05, 0) is 24.1 Å². The molecule has 0 aliphatic carbocycles. The maximum Gasteiger partial charge on any atom is 0.243 e. The summed E-state index contributed by atoms with van der Waals surface area (Å²) in [6, 6.07) is 4.85. The van der Waals surface area contributed by atoms with Gasteiger partial charge < -0.3 is 11.1 Å². The number of piperazine rings is 1. The average molecular weight is 283 g/mol. The highest BCUT2D eigenvalue weighted by Crippen LogP contribution is 2.23. The summed E-state index contributed by atoms with van der Waals surface area (Å²) in [4.78, 5) is 11.5. The summed E-state index contributed by atoms with van der Waals surface area (Å²) in [5, 5.41) is 2.61. The molecule has 2 rings (SSSR count). The highest BCUT2D eigenvalue weighted by molar-refractivity contribution is 7.89. The van der Waals surface area contributed by atoms with Crippen LogP contribution in [0.3, 0.4) is 0 Å². The molecule has 0 atom stereocenters. The minimum absolute atomic E-state index is 0.139. The van der Waals surface area contributed by atoms with Gasteiger partial charge in [0.1, 0.15) is 0 Å². The van der Waals surface area contributed by atoms with Gasteiger partial charge >= 0.3 is 0 Å². The number of sulfonamides is 1. The minimum Gasteiger partial charge on any atom is -0.399 e. The monoisotopic (exact) mass is 283 g/mol. The molecule has 0 bridgehead atoms. The summed E-state index contributed by atoms with van der Waals surface area (Å²) in [5.74, 6) is -0.281. The van der Waals surface area contributed by atoms with Gasteiger partial charge in [0.05, 0.1) is 11.4 Å². The van der Waals surface area contributed by atoms with Crippen molar-refractivity contribution in [1.29, 1.82) is 0 Å². The Morgan fingerprint density at radius 3 is 2.79 bits per heavy atom. The van der Waals surface area contributed by atoms with Crippen LogP contribution in [0.25, 0.3) is 0 Å². The third-order valence-electron chi connectivity index (χ3n) is 3.09. The first kappa shape index (κ1) is 13.8. The molecule has 1 aromatic rings. The lowest BCUT2D eigenvalue weighted by Gasteiger charge is -2.26. The Bertz CT molecular complexity index is 598. The minimum atomic E-state index is -3.67. The average Bonchev–Trinajstić information content (AvgIpc) is 2.38. The fraction of sp³-hybridized carbons (Fsp3) is 0.417. The largest absolute Gasteiger partial charge is 0.399 e. The van der Waals surface area contributed by atoms with Crippen molar-refractivity contribution in [3.63, 3.8) is 0 Å². The quantitative estimate of drug-likeness (QED) is 0.761. The van der Waals surface area contributed by atoms with Crippen molar-refractivity contribution < 1.29 is 13.2 Å². The van der Waals surface area contributed by atoms with E-state index in [-0.39, 0.29) is 23.9 Å². The molecule has 1 heterocycles. The van der Waals surface area contributed by atoms with Crippen molar-refractivity contribution in [2.45, 2.75) is 18.2 Å². The van der Waals surface area contributed by atoms with Crippen molar-refractivity contribution in [3.05, 3.63) is 23.8 Å². The Labute approximate surface area is 112 Å². The highest BCUT2D eigenvalue weighted by atomic mass is 32.2. The van der Waals surface area contributed by atoms with Crippen LogP contribution in [0.15, 0.2) is 23.1 Å². The fourth-order valence-corrected chi connectivity index (χ4v) is 3.79. The van der Waals surface area contributed by atoms with Crippen molar-refractivity contribution in [2.75, 3.05) is 25.4 Å². The van der Waals surface area contributed by atoms with Crippen molar-refractivity contribution >= 4 is 21.6 Å². The van der Waals surface area contributed by atoms with Crippen molar-refractivity contribution in [1.82, 2.24) is 9.62 Å². The predicted molar refractivity (Wildman–Crippen MR) is 72.0 cm³/mol. The molecule has 1 aromatic carbocycles. The van der Waals surface area contributed by atoms with E-state index in [1.807, 2.05) is 6.92 Å². The number of nitrogens with two attached hydrogens (primary N) is 1. The van der Waals surface area contributed by atoms with Gasteiger partial charge in [0.15, 0.2) is 0 Å². The zero-order valence-corrected chi connectivity index (χ0v) is 11.5. The Balaban J connectivity index is 2.44. The molecule has 3 N–H and O–H groups in total. The Morgan fingerprint density at radius 2 is 2.16 bits per heavy atom. The van der Waals surface area contributed by atoms with Crippen LogP contribution in [0.4, 0.5) is 5.69 Å². The predicted octanol–water partition coefficient (Wildman–Crippen LogP) is -0.0483. The summed E-state index contributed by atoms with van der Waals surface area (Å²) in [7, 11) is -3.67. The second-order valence-electron chi connectivity index (χ2n) is 4.41. The Morgan fingerprint density at radius 1 is 1.42 bits per heavy atom. The molecule has 0 spiro atoms. The molecule has 1 saturated heterocycles. The molecule has 1 amide bonds. The van der Waals surface area contributed by atoms with E-state index in [9.17, 15) is 13.2 Å². The molecule has 0 aromatic heterocycles. The zero-order chi connectivity index (χ0) is 14.0. The third kappa shape index (κ3) is 2.71. The summed E-state index contributed by atoms with van der Waals surface area (Å²) < 4.78 is 26.3. The van der Waals surface area contributed by atoms with Gasteiger partial charge in [-0.1, -0.05) is 13.0 Å². The van der Waals surface area contributed by atoms with Crippen molar-refractivity contribution in [2.24, 2.45) is 0 Å². The van der Waals surface area contributed by atoms with Gasteiger partial charge in [-0.3, -0.25) is 4.79 Å². The SMILES string of the molecule is CCc1ccc(N)cc1S(=O)(=O)N1CCNC(=O)C1. The molecule has 1 aliphatic rings. The van der Waals surface area contributed by atoms with E-state index < -0.39 is 10.0 Å². The van der Waals surface area contributed by atoms with Crippen LogP contribution in [0, 0.1) is 0 Å². The van der Waals surface area contributed by atoms with E-state index in [1.165, 1.54) is 10.4 Å². The molecule has 1 fully saturated rings. The lowest BCUT2D eigenvalue weighted by molar-refractivity contribution is -0.122. The molecule has 0 unspecified atom stereocenters. The topological polar surface area (TPSA) is 92.5 Å². The summed E-state index contributed by atoms with van der Waals surface area (Å²) in [6.07, 6.45) is 0.592. The summed E-state index contributed by atoms with van der Waals surface area (Å²) in [5.41, 5.74) is 6.78. The van der Waals surface area contributed by atoms with Crippen LogP contribution >= 0.6 is 0 Å². The zero-order valence-electron chi connectivity index (χ0n) is 10.7. The summed E-state index contributed by atoms with van der Waals surface area (Å²) in [6.45, 7) is 2.36. The Hall–Kier alpha value is -1.60. The first-order valence-corrected chi connectivity index (χ1v) is 7.54. The van der Waals surface area contributed by atoms with E-state index in [0.29, 0.717) is 24.2 Å². The standard InChI is InChI=1S/C12H17N3O3S/c1-2-9-3-4-10(13)7-11(9)19(17,18)15-6-5-14-12(16)8-15/h3-4,7H,2,5-6,8,13H2,1H3,(H,14,16). The molecule has 104 valence electrons. The molecular formula is C12H17N3O3S. The molecule has 0 radical (unpaired) electrons. The van der Waals surface area contributed by atoms with Crippen LogP contribution in [-0.4, -0.2) is 38.3 Å². The second-order valence-corrected chi connectivity index (χ2v) is 6.32. The van der Waals surface area contributed by atoms with Crippen LogP contribution in [0.2, 0.25) is 0 Å². The van der Waals surface area contributed by atoms with Gasteiger partial charge in [0, 0.05) is 18.8 Å². The number of anilines is 1. The van der Waals surface area contributed by atoms with Gasteiger partial charge in [0.2, 0.25) is 15.9 Å². The lowest BCUT2D eigenvalue weighted by atomic mass is 10.1. The normalized spacial score (nSPS) is 17.2. The number of hydrogen-bond acceptors (Lipinski definition) is 4. The first-order valence-electron chi connectivity index (χ1n) is 6.10. The number of rotatable bonds is 3. The van der Waals surface area contributed by atoms with Crippen LogP contribution in [0.1, 0.15) is 12.5 Å². The van der Waals surface area contributed by atoms with E-state index in [1.54, 1.807) is 12.1 Å². The van der Waals surface area contributed by atoms with E-state index in [2.05, 4.69) is 5.32 Å². The number of hydrogen-bond donors (Lipinski definition) is 2. The van der Waals surface area contributed by atoms with Gasteiger partial charge in [-0.2, -0.15) is 4.31 Å².